The third-order valence-corrected chi connectivity index (χ3v) is 4.00. The van der Waals surface area contributed by atoms with Crippen LogP contribution in [0.15, 0.2) is 40.0 Å². The van der Waals surface area contributed by atoms with Crippen LogP contribution in [-0.4, -0.2) is 22.1 Å². The van der Waals surface area contributed by atoms with Crippen LogP contribution in [0.1, 0.15) is 5.56 Å². The zero-order valence-corrected chi connectivity index (χ0v) is 15.4. The average Bonchev–Trinajstić information content (AvgIpc) is 2.57. The third-order valence-electron chi connectivity index (χ3n) is 3.40. The molecule has 3 rings (SSSR count). The highest BCUT2D eigenvalue weighted by atomic mass is 79.9. The number of fused-ring (bicyclic) bond motifs is 1. The Morgan fingerprint density at radius 3 is 2.65 bits per heavy atom. The molecule has 0 saturated heterocycles. The molecule has 0 bridgehead atoms. The van der Waals surface area contributed by atoms with Crippen molar-refractivity contribution in [2.45, 2.75) is 6.18 Å². The van der Waals surface area contributed by atoms with Gasteiger partial charge in [0.2, 0.25) is 0 Å². The van der Waals surface area contributed by atoms with E-state index in [4.69, 9.17) is 4.74 Å². The van der Waals surface area contributed by atoms with Gasteiger partial charge >= 0.3 is 6.18 Å². The van der Waals surface area contributed by atoms with Crippen LogP contribution < -0.4 is 15.6 Å². The van der Waals surface area contributed by atoms with Gasteiger partial charge in [-0.25, -0.2) is 9.97 Å². The highest BCUT2D eigenvalue weighted by Gasteiger charge is 2.34. The second-order valence-corrected chi connectivity index (χ2v) is 5.80. The van der Waals surface area contributed by atoms with Crippen molar-refractivity contribution >= 4 is 50.7 Å². The molecule has 0 aliphatic heterocycles. The molecule has 0 aliphatic rings. The zero-order chi connectivity index (χ0) is 18.2. The minimum Gasteiger partial charge on any atom is -0.496 e. The van der Waals surface area contributed by atoms with E-state index in [1.54, 1.807) is 0 Å². The molecule has 0 saturated carbocycles. The van der Waals surface area contributed by atoms with Gasteiger partial charge in [0.15, 0.2) is 0 Å². The molecule has 2 N–H and O–H groups in total. The van der Waals surface area contributed by atoms with E-state index in [9.17, 15) is 18.0 Å². The summed E-state index contributed by atoms with van der Waals surface area (Å²) in [6.45, 7) is 0. The summed E-state index contributed by atoms with van der Waals surface area (Å²) in [5.74, 6) is -0.211. The number of ether oxygens (including phenoxy) is 1. The highest BCUT2D eigenvalue weighted by molar-refractivity contribution is 9.10. The molecule has 6 nitrogen and oxygen atoms in total. The van der Waals surface area contributed by atoms with Crippen molar-refractivity contribution in [1.29, 1.82) is 0 Å². The summed E-state index contributed by atoms with van der Waals surface area (Å²) < 4.78 is 44.7. The maximum Gasteiger partial charge on any atom is 0.420 e. The second-order valence-electron chi connectivity index (χ2n) is 4.95. The predicted molar refractivity (Wildman–Crippen MR) is 96.4 cm³/mol. The monoisotopic (exact) mass is 450 g/mol. The highest BCUT2D eigenvalue weighted by Crippen LogP contribution is 2.38. The Hall–Kier alpha value is -2.33. The molecule has 26 heavy (non-hydrogen) atoms. The fraction of sp³-hybridized carbons (Fsp3) is 0.133. The summed E-state index contributed by atoms with van der Waals surface area (Å²) in [6, 6.07) is 3.47. The number of pyridine rings is 1. The van der Waals surface area contributed by atoms with Crippen molar-refractivity contribution in [3.8, 4) is 5.75 Å². The quantitative estimate of drug-likeness (QED) is 0.622. The number of hydrogen-bond donors (Lipinski definition) is 2. The molecule has 2 aromatic heterocycles. The molecule has 1 aromatic carbocycles. The number of alkyl halides is 3. The Morgan fingerprint density at radius 2 is 2.00 bits per heavy atom. The molecular formula is C15H11BrClF3N4O2. The lowest BCUT2D eigenvalue weighted by Crippen LogP contribution is -2.11. The number of anilines is 2. The van der Waals surface area contributed by atoms with Gasteiger partial charge in [-0.15, -0.1) is 12.4 Å². The van der Waals surface area contributed by atoms with Crippen LogP contribution in [0.2, 0.25) is 0 Å². The van der Waals surface area contributed by atoms with E-state index in [0.717, 1.165) is 13.2 Å². The molecule has 2 heterocycles. The first-order chi connectivity index (χ1) is 11.8. The molecule has 3 aromatic rings. The number of aromatic nitrogens is 3. The van der Waals surface area contributed by atoms with E-state index in [1.807, 2.05) is 0 Å². The van der Waals surface area contributed by atoms with Gasteiger partial charge in [0.25, 0.3) is 5.56 Å². The Labute approximate surface area is 159 Å². The summed E-state index contributed by atoms with van der Waals surface area (Å²) in [5, 5.41) is 2.86. The summed E-state index contributed by atoms with van der Waals surface area (Å²) in [4.78, 5) is 22.5. The summed E-state index contributed by atoms with van der Waals surface area (Å²) in [7, 11) is 1.16. The van der Waals surface area contributed by atoms with E-state index in [1.165, 1.54) is 24.7 Å². The SMILES string of the molecule is COc1ccc(Nc2ncnc3c(Br)c[nH]c(=O)c23)cc1C(F)(F)F.Cl. The predicted octanol–water partition coefficient (Wildman–Crippen LogP) is 4.27. The van der Waals surface area contributed by atoms with Gasteiger partial charge in [-0.2, -0.15) is 13.2 Å². The first kappa shape index (κ1) is 20.0. The largest absolute Gasteiger partial charge is 0.496 e. The molecule has 0 amide bonds. The molecular weight excluding hydrogens is 441 g/mol. The maximum absolute atomic E-state index is 13.1. The molecule has 138 valence electrons. The van der Waals surface area contributed by atoms with Crippen LogP contribution in [0, 0.1) is 0 Å². The van der Waals surface area contributed by atoms with Gasteiger partial charge in [0.1, 0.15) is 23.3 Å². The Kier molecular flexibility index (Phi) is 5.77. The van der Waals surface area contributed by atoms with Gasteiger partial charge in [0.05, 0.1) is 22.7 Å². The smallest absolute Gasteiger partial charge is 0.420 e. The summed E-state index contributed by atoms with van der Waals surface area (Å²) in [6.07, 6.45) is -1.95. The van der Waals surface area contributed by atoms with Gasteiger partial charge in [-0.3, -0.25) is 4.79 Å². The van der Waals surface area contributed by atoms with Crippen molar-refractivity contribution < 1.29 is 17.9 Å². The fourth-order valence-electron chi connectivity index (χ4n) is 2.29. The lowest BCUT2D eigenvalue weighted by atomic mass is 10.1. The van der Waals surface area contributed by atoms with Gasteiger partial charge < -0.3 is 15.0 Å². The zero-order valence-electron chi connectivity index (χ0n) is 13.0. The Morgan fingerprint density at radius 1 is 1.27 bits per heavy atom. The Bertz CT molecular complexity index is 1010. The number of methoxy groups -OCH3 is 1. The third kappa shape index (κ3) is 3.75. The number of nitrogens with zero attached hydrogens (tertiary/aromatic N) is 2. The number of nitrogens with one attached hydrogen (secondary N) is 2. The van der Waals surface area contributed by atoms with Crippen molar-refractivity contribution in [2.75, 3.05) is 12.4 Å². The normalized spacial score (nSPS) is 11.1. The number of aromatic amines is 1. The van der Waals surface area contributed by atoms with Gasteiger partial charge in [0, 0.05) is 11.9 Å². The maximum atomic E-state index is 13.1. The molecule has 0 radical (unpaired) electrons. The van der Waals surface area contributed by atoms with Crippen molar-refractivity contribution in [3.63, 3.8) is 0 Å². The van der Waals surface area contributed by atoms with E-state index < -0.39 is 17.3 Å². The van der Waals surface area contributed by atoms with Crippen LogP contribution in [0.3, 0.4) is 0 Å². The molecule has 0 aliphatic carbocycles. The minimum atomic E-state index is -4.59. The van der Waals surface area contributed by atoms with E-state index >= 15 is 0 Å². The number of hydrogen-bond acceptors (Lipinski definition) is 5. The first-order valence-electron chi connectivity index (χ1n) is 6.85. The molecule has 0 fully saturated rings. The van der Waals surface area contributed by atoms with E-state index in [0.29, 0.717) is 9.99 Å². The summed E-state index contributed by atoms with van der Waals surface area (Å²) >= 11 is 3.25. The van der Waals surface area contributed by atoms with Crippen molar-refractivity contribution in [1.82, 2.24) is 15.0 Å². The second kappa shape index (κ2) is 7.50. The van der Waals surface area contributed by atoms with E-state index in [2.05, 4.69) is 36.2 Å². The standard InChI is InChI=1S/C15H10BrF3N4O2.ClH/c1-25-10-3-2-7(4-8(10)15(17,18)19)23-13-11-12(21-6-22-13)9(16)5-20-14(11)24;/h2-6H,1H3,(H,20,24)(H,21,22,23);1H. The van der Waals surface area contributed by atoms with E-state index in [-0.39, 0.29) is 35.0 Å². The van der Waals surface area contributed by atoms with Crippen molar-refractivity contribution in [3.05, 3.63) is 51.1 Å². The minimum absolute atomic E-state index is 0. The molecule has 11 heteroatoms. The summed E-state index contributed by atoms with van der Waals surface area (Å²) in [5.41, 5.74) is -0.961. The average molecular weight is 452 g/mol. The molecule has 0 spiro atoms. The van der Waals surface area contributed by atoms with Gasteiger partial charge in [-0.1, -0.05) is 0 Å². The molecule has 0 atom stereocenters. The Balaban J connectivity index is 0.00000243. The van der Waals surface area contributed by atoms with Crippen LogP contribution in [0.4, 0.5) is 24.7 Å². The van der Waals surface area contributed by atoms with Crippen molar-refractivity contribution in [2.24, 2.45) is 0 Å². The van der Waals surface area contributed by atoms with Gasteiger partial charge in [-0.05, 0) is 34.1 Å². The lowest BCUT2D eigenvalue weighted by molar-refractivity contribution is -0.138. The van der Waals surface area contributed by atoms with Crippen LogP contribution >= 0.6 is 28.3 Å². The van der Waals surface area contributed by atoms with Crippen LogP contribution in [0.25, 0.3) is 10.9 Å². The molecule has 0 unspecified atom stereocenters. The fourth-order valence-corrected chi connectivity index (χ4v) is 2.71. The number of halogens is 5. The first-order valence-corrected chi connectivity index (χ1v) is 7.64. The number of benzene rings is 1. The number of rotatable bonds is 3. The topological polar surface area (TPSA) is 79.9 Å². The van der Waals surface area contributed by atoms with Crippen LogP contribution in [-0.2, 0) is 6.18 Å². The van der Waals surface area contributed by atoms with Crippen LogP contribution in [0.5, 0.6) is 5.75 Å². The number of H-pyrrole nitrogens is 1. The lowest BCUT2D eigenvalue weighted by Gasteiger charge is -2.14.